The molecule has 6 heteroatoms. The number of aryl methyl sites for hydroxylation is 1. The Kier molecular flexibility index (Phi) is 5.11. The quantitative estimate of drug-likeness (QED) is 0.860. The lowest BCUT2D eigenvalue weighted by atomic mass is 10.1. The fraction of sp³-hybridized carbons (Fsp3) is 0.421. The number of pyridine rings is 1. The highest BCUT2D eigenvalue weighted by atomic mass is 32.2. The largest absolute Gasteiger partial charge is 0.489 e. The fourth-order valence-electron chi connectivity index (χ4n) is 2.89. The van der Waals surface area contributed by atoms with E-state index in [-0.39, 0.29) is 6.04 Å². The molecule has 1 atom stereocenters. The van der Waals surface area contributed by atoms with Crippen LogP contribution in [0.4, 0.5) is 0 Å². The van der Waals surface area contributed by atoms with Gasteiger partial charge in [-0.25, -0.2) is 13.1 Å². The molecule has 0 radical (unpaired) electrons. The number of hydrogen-bond donors (Lipinski definition) is 1. The predicted octanol–water partition coefficient (Wildman–Crippen LogP) is 2.76. The Morgan fingerprint density at radius 3 is 2.64 bits per heavy atom. The Morgan fingerprint density at radius 2 is 1.96 bits per heavy atom. The molecule has 0 spiro atoms. The van der Waals surface area contributed by atoms with Crippen LogP contribution in [-0.4, -0.2) is 24.7 Å². The molecule has 0 saturated heterocycles. The van der Waals surface area contributed by atoms with Gasteiger partial charge in [-0.3, -0.25) is 4.98 Å². The van der Waals surface area contributed by atoms with Gasteiger partial charge in [0.25, 0.3) is 0 Å². The van der Waals surface area contributed by atoms with E-state index in [9.17, 15) is 8.42 Å². The van der Waals surface area contributed by atoms with Gasteiger partial charge in [-0.1, -0.05) is 12.1 Å². The summed E-state index contributed by atoms with van der Waals surface area (Å²) in [4.78, 5) is 4.26. The molecular weight excluding hydrogens is 336 g/mol. The lowest BCUT2D eigenvalue weighted by Crippen LogP contribution is -2.39. The molecule has 1 N–H and O–H groups in total. The highest BCUT2D eigenvalue weighted by molar-refractivity contribution is 7.90. The second-order valence-electron chi connectivity index (χ2n) is 6.84. The van der Waals surface area contributed by atoms with Crippen LogP contribution in [0.5, 0.6) is 5.75 Å². The molecule has 5 nitrogen and oxygen atoms in total. The molecule has 0 fully saturated rings. The van der Waals surface area contributed by atoms with E-state index in [1.54, 1.807) is 13.8 Å². The number of sulfonamides is 1. The maximum atomic E-state index is 12.0. The minimum atomic E-state index is -3.25. The van der Waals surface area contributed by atoms with Gasteiger partial charge >= 0.3 is 0 Å². The normalized spacial score (nSPS) is 16.9. The van der Waals surface area contributed by atoms with Gasteiger partial charge in [-0.2, -0.15) is 0 Å². The molecule has 0 saturated carbocycles. The molecule has 1 aromatic carbocycles. The van der Waals surface area contributed by atoms with Gasteiger partial charge in [-0.15, -0.1) is 0 Å². The van der Waals surface area contributed by atoms with E-state index in [1.165, 1.54) is 5.56 Å². The first kappa shape index (κ1) is 17.9. The number of fused-ring (bicyclic) bond motifs is 1. The van der Waals surface area contributed by atoms with Crippen LogP contribution in [0, 0.1) is 6.92 Å². The summed E-state index contributed by atoms with van der Waals surface area (Å²) >= 11 is 0. The van der Waals surface area contributed by atoms with Gasteiger partial charge < -0.3 is 4.74 Å². The standard InChI is InChI=1S/C19H24N2O3S/c1-13(2)25(22,23)21-18-8-16-6-7-19(10-17(16)9-18)24-12-15-5-4-14(3)20-11-15/h4-7,10-11,13,18,21H,8-9,12H2,1-3H3/t18-/m0/s1. The van der Waals surface area contributed by atoms with E-state index in [2.05, 4.69) is 9.71 Å². The van der Waals surface area contributed by atoms with E-state index in [1.807, 2.05) is 43.5 Å². The molecule has 1 aliphatic rings. The second kappa shape index (κ2) is 7.14. The van der Waals surface area contributed by atoms with E-state index >= 15 is 0 Å². The Labute approximate surface area is 149 Å². The number of benzene rings is 1. The van der Waals surface area contributed by atoms with Gasteiger partial charge in [0, 0.05) is 23.5 Å². The molecule has 2 aromatic rings. The number of nitrogens with one attached hydrogen (secondary N) is 1. The molecule has 134 valence electrons. The SMILES string of the molecule is Cc1ccc(COc2ccc3c(c2)C[C@@H](NS(=O)(=O)C(C)C)C3)cn1. The lowest BCUT2D eigenvalue weighted by molar-refractivity contribution is 0.305. The third-order valence-corrected chi connectivity index (χ3v) is 6.34. The summed E-state index contributed by atoms with van der Waals surface area (Å²) in [5.41, 5.74) is 4.33. The number of hydrogen-bond acceptors (Lipinski definition) is 4. The van der Waals surface area contributed by atoms with Crippen LogP contribution in [0.2, 0.25) is 0 Å². The predicted molar refractivity (Wildman–Crippen MR) is 98.1 cm³/mol. The average molecular weight is 360 g/mol. The van der Waals surface area contributed by atoms with Crippen molar-refractivity contribution < 1.29 is 13.2 Å². The molecule has 25 heavy (non-hydrogen) atoms. The van der Waals surface area contributed by atoms with E-state index < -0.39 is 15.3 Å². The highest BCUT2D eigenvalue weighted by Crippen LogP contribution is 2.27. The highest BCUT2D eigenvalue weighted by Gasteiger charge is 2.27. The summed E-state index contributed by atoms with van der Waals surface area (Å²) in [5.74, 6) is 0.798. The average Bonchev–Trinajstić information content (AvgIpc) is 2.94. The number of aromatic nitrogens is 1. The van der Waals surface area contributed by atoms with Crippen molar-refractivity contribution in [2.45, 2.75) is 51.5 Å². The van der Waals surface area contributed by atoms with Gasteiger partial charge in [0.1, 0.15) is 12.4 Å². The van der Waals surface area contributed by atoms with Crippen LogP contribution in [0.15, 0.2) is 36.5 Å². The van der Waals surface area contributed by atoms with Crippen molar-refractivity contribution in [2.75, 3.05) is 0 Å². The molecule has 0 aliphatic heterocycles. The van der Waals surface area contributed by atoms with Crippen molar-refractivity contribution in [3.05, 3.63) is 58.9 Å². The third kappa shape index (κ3) is 4.38. The topological polar surface area (TPSA) is 68.3 Å². The van der Waals surface area contributed by atoms with Crippen LogP contribution in [0.1, 0.15) is 36.2 Å². The summed E-state index contributed by atoms with van der Waals surface area (Å²) in [6.45, 7) is 5.80. The first-order valence-corrected chi connectivity index (χ1v) is 10.1. The summed E-state index contributed by atoms with van der Waals surface area (Å²) in [7, 11) is -3.25. The Hall–Kier alpha value is -1.92. The Balaban J connectivity index is 1.63. The second-order valence-corrected chi connectivity index (χ2v) is 9.11. The fourth-order valence-corrected chi connectivity index (χ4v) is 3.79. The number of rotatable bonds is 6. The number of nitrogens with zero attached hydrogens (tertiary/aromatic N) is 1. The zero-order valence-electron chi connectivity index (χ0n) is 14.8. The molecule has 1 aliphatic carbocycles. The minimum Gasteiger partial charge on any atom is -0.489 e. The van der Waals surface area contributed by atoms with E-state index in [0.717, 1.165) is 29.0 Å². The maximum absolute atomic E-state index is 12.0. The third-order valence-electron chi connectivity index (χ3n) is 4.44. The van der Waals surface area contributed by atoms with Crippen LogP contribution in [0.25, 0.3) is 0 Å². The summed E-state index contributed by atoms with van der Waals surface area (Å²) < 4.78 is 32.8. The lowest BCUT2D eigenvalue weighted by Gasteiger charge is -2.14. The van der Waals surface area contributed by atoms with Gasteiger partial charge in [0.05, 0.1) is 5.25 Å². The van der Waals surface area contributed by atoms with Crippen molar-refractivity contribution in [2.24, 2.45) is 0 Å². The molecular formula is C19H24N2O3S. The molecule has 1 aromatic heterocycles. The van der Waals surface area contributed by atoms with Crippen molar-refractivity contribution in [1.82, 2.24) is 9.71 Å². The van der Waals surface area contributed by atoms with Crippen LogP contribution in [0.3, 0.4) is 0 Å². The van der Waals surface area contributed by atoms with Crippen molar-refractivity contribution >= 4 is 10.0 Å². The monoisotopic (exact) mass is 360 g/mol. The van der Waals surface area contributed by atoms with Crippen LogP contribution < -0.4 is 9.46 Å². The van der Waals surface area contributed by atoms with Crippen LogP contribution >= 0.6 is 0 Å². The molecule has 0 bridgehead atoms. The minimum absolute atomic E-state index is 0.0704. The molecule has 1 heterocycles. The van der Waals surface area contributed by atoms with Crippen molar-refractivity contribution in [1.29, 1.82) is 0 Å². The molecule has 3 rings (SSSR count). The zero-order chi connectivity index (χ0) is 18.0. The summed E-state index contributed by atoms with van der Waals surface area (Å²) in [5, 5.41) is -0.418. The Bertz CT molecular complexity index is 845. The van der Waals surface area contributed by atoms with Crippen molar-refractivity contribution in [3.8, 4) is 5.75 Å². The Morgan fingerprint density at radius 1 is 1.20 bits per heavy atom. The number of ether oxygens (including phenoxy) is 1. The maximum Gasteiger partial charge on any atom is 0.214 e. The van der Waals surface area contributed by atoms with Crippen molar-refractivity contribution in [3.63, 3.8) is 0 Å². The van der Waals surface area contributed by atoms with Gasteiger partial charge in [-0.05, 0) is 62.9 Å². The van der Waals surface area contributed by atoms with Crippen LogP contribution in [-0.2, 0) is 29.5 Å². The molecule has 0 amide bonds. The van der Waals surface area contributed by atoms with Gasteiger partial charge in [0.15, 0.2) is 0 Å². The summed E-state index contributed by atoms with van der Waals surface area (Å²) in [6.07, 6.45) is 3.24. The van der Waals surface area contributed by atoms with E-state index in [4.69, 9.17) is 4.74 Å². The smallest absolute Gasteiger partial charge is 0.214 e. The molecule has 0 unspecified atom stereocenters. The summed E-state index contributed by atoms with van der Waals surface area (Å²) in [6, 6.07) is 9.89. The van der Waals surface area contributed by atoms with Gasteiger partial charge in [0.2, 0.25) is 10.0 Å². The van der Waals surface area contributed by atoms with E-state index in [0.29, 0.717) is 13.0 Å². The first-order valence-electron chi connectivity index (χ1n) is 8.51. The zero-order valence-corrected chi connectivity index (χ0v) is 15.6. The first-order chi connectivity index (χ1) is 11.8.